The number of hydrogen-bond donors (Lipinski definition) is 0. The van der Waals surface area contributed by atoms with Crippen LogP contribution in [-0.2, 0) is 14.8 Å². The number of carbonyl (C=O) groups excluding carboxylic acids is 1. The highest BCUT2D eigenvalue weighted by Gasteiger charge is 2.32. The predicted molar refractivity (Wildman–Crippen MR) is 66.0 cm³/mol. The molecule has 0 aliphatic carbocycles. The predicted octanol–water partition coefficient (Wildman–Crippen LogP) is 0.724. The fourth-order valence-corrected chi connectivity index (χ4v) is 3.26. The smallest absolute Gasteiger partial charge is 0.289 e. The third-order valence-electron chi connectivity index (χ3n) is 2.62. The second-order valence-corrected chi connectivity index (χ2v) is 5.80. The van der Waals surface area contributed by atoms with Gasteiger partial charge >= 0.3 is 0 Å². The number of rotatable bonds is 3. The average molecular weight is 282 g/mol. The number of ketones is 1. The Hall–Kier alpha value is -2.06. The zero-order chi connectivity index (χ0) is 14.0. The highest BCUT2D eigenvalue weighted by Crippen LogP contribution is 2.26. The first kappa shape index (κ1) is 13.4. The molecule has 0 N–H and O–H groups in total. The van der Waals surface area contributed by atoms with Gasteiger partial charge in [-0.1, -0.05) is 18.2 Å². The molecule has 100 valence electrons. The molecule has 1 aromatic carbocycles. The van der Waals surface area contributed by atoms with Crippen molar-refractivity contribution in [1.82, 2.24) is 4.31 Å². The van der Waals surface area contributed by atoms with Gasteiger partial charge in [0.2, 0.25) is 0 Å². The number of hydrogen-bond acceptors (Lipinski definition) is 5. The lowest BCUT2D eigenvalue weighted by atomic mass is 10.3. The first-order valence-corrected chi connectivity index (χ1v) is 6.80. The van der Waals surface area contributed by atoms with Crippen molar-refractivity contribution < 1.29 is 18.1 Å². The van der Waals surface area contributed by atoms with Crippen LogP contribution in [0.2, 0.25) is 0 Å². The number of para-hydroxylation sites is 1. The van der Waals surface area contributed by atoms with E-state index in [1.165, 1.54) is 24.3 Å². The van der Waals surface area contributed by atoms with Gasteiger partial charge < -0.3 is 0 Å². The molecule has 0 radical (unpaired) electrons. The number of benzene rings is 1. The summed E-state index contributed by atoms with van der Waals surface area (Å²) < 4.78 is 25.5. The van der Waals surface area contributed by atoms with Crippen LogP contribution in [0.25, 0.3) is 0 Å². The van der Waals surface area contributed by atoms with E-state index in [1.807, 2.05) is 0 Å². The maximum absolute atomic E-state index is 12.3. The molecule has 19 heavy (non-hydrogen) atoms. The van der Waals surface area contributed by atoms with E-state index >= 15 is 0 Å². The van der Waals surface area contributed by atoms with Gasteiger partial charge in [0, 0.05) is 12.6 Å². The molecule has 1 aromatic rings. The Morgan fingerprint density at radius 3 is 2.58 bits per heavy atom. The fraction of sp³-hybridized carbons (Fsp3) is 0.182. The molecule has 0 unspecified atom stereocenters. The summed E-state index contributed by atoms with van der Waals surface area (Å²) in [5.74, 6) is -0.353. The molecule has 8 heteroatoms. The first-order chi connectivity index (χ1) is 8.93. The summed E-state index contributed by atoms with van der Waals surface area (Å²) in [6.07, 6.45) is 2.71. The van der Waals surface area contributed by atoms with Crippen molar-refractivity contribution in [3.63, 3.8) is 0 Å². The highest BCUT2D eigenvalue weighted by molar-refractivity contribution is 7.89. The fourth-order valence-electron chi connectivity index (χ4n) is 1.74. The molecule has 1 aliphatic rings. The van der Waals surface area contributed by atoms with Crippen LogP contribution in [0.1, 0.15) is 0 Å². The molecule has 1 aliphatic heterocycles. The van der Waals surface area contributed by atoms with Crippen molar-refractivity contribution in [3.8, 4) is 0 Å². The number of sulfonamides is 1. The van der Waals surface area contributed by atoms with Crippen LogP contribution in [0.15, 0.2) is 41.3 Å². The van der Waals surface area contributed by atoms with Crippen LogP contribution >= 0.6 is 0 Å². The Bertz CT molecular complexity index is 665. The van der Waals surface area contributed by atoms with Crippen LogP contribution in [0, 0.1) is 10.1 Å². The standard InChI is InChI=1S/C11H10N2O5S/c14-9-4-3-7-12(8-9)19(17,18)11-6-2-1-5-10(11)13(15)16/h1-6H,7-8H2. The van der Waals surface area contributed by atoms with Gasteiger partial charge in [0.15, 0.2) is 10.7 Å². The van der Waals surface area contributed by atoms with Crippen molar-refractivity contribution in [2.24, 2.45) is 0 Å². The Balaban J connectivity index is 2.48. The molecule has 0 saturated carbocycles. The summed E-state index contributed by atoms with van der Waals surface area (Å²) in [5, 5.41) is 10.9. The molecule has 0 aromatic heterocycles. The van der Waals surface area contributed by atoms with Crippen LogP contribution in [0.5, 0.6) is 0 Å². The van der Waals surface area contributed by atoms with E-state index < -0.39 is 25.5 Å². The van der Waals surface area contributed by atoms with Crippen LogP contribution < -0.4 is 0 Å². The molecular weight excluding hydrogens is 272 g/mol. The van der Waals surface area contributed by atoms with Crippen LogP contribution in [0.4, 0.5) is 5.69 Å². The maximum Gasteiger partial charge on any atom is 0.289 e. The minimum absolute atomic E-state index is 0.0279. The van der Waals surface area contributed by atoms with E-state index in [0.29, 0.717) is 0 Å². The Kier molecular flexibility index (Phi) is 3.45. The molecule has 0 atom stereocenters. The first-order valence-electron chi connectivity index (χ1n) is 5.36. The van der Waals surface area contributed by atoms with E-state index in [4.69, 9.17) is 0 Å². The topological polar surface area (TPSA) is 97.6 Å². The van der Waals surface area contributed by atoms with Crippen molar-refractivity contribution in [3.05, 3.63) is 46.5 Å². The second-order valence-electron chi connectivity index (χ2n) is 3.89. The number of nitro benzene ring substituents is 1. The molecule has 7 nitrogen and oxygen atoms in total. The summed E-state index contributed by atoms with van der Waals surface area (Å²) in [4.78, 5) is 20.9. The lowest BCUT2D eigenvalue weighted by molar-refractivity contribution is -0.387. The zero-order valence-electron chi connectivity index (χ0n) is 9.72. The summed E-state index contributed by atoms with van der Waals surface area (Å²) in [6, 6.07) is 5.07. The number of carbonyl (C=O) groups is 1. The lowest BCUT2D eigenvalue weighted by Crippen LogP contribution is -2.37. The van der Waals surface area contributed by atoms with Gasteiger partial charge in [-0.05, 0) is 12.1 Å². The van der Waals surface area contributed by atoms with Gasteiger partial charge in [-0.3, -0.25) is 14.9 Å². The normalized spacial score (nSPS) is 16.5. The molecule has 0 spiro atoms. The van der Waals surface area contributed by atoms with Crippen molar-refractivity contribution in [2.75, 3.05) is 13.1 Å². The third kappa shape index (κ3) is 2.54. The minimum Gasteiger partial charge on any atom is -0.293 e. The third-order valence-corrected chi connectivity index (χ3v) is 4.48. The van der Waals surface area contributed by atoms with E-state index in [2.05, 4.69) is 0 Å². The van der Waals surface area contributed by atoms with Gasteiger partial charge in [0.1, 0.15) is 0 Å². The quantitative estimate of drug-likeness (QED) is 0.601. The Morgan fingerprint density at radius 1 is 1.26 bits per heavy atom. The molecule has 0 bridgehead atoms. The Labute approximate surface area is 109 Å². The van der Waals surface area contributed by atoms with Gasteiger partial charge in [-0.25, -0.2) is 8.42 Å². The SMILES string of the molecule is O=C1C=CCN(S(=O)(=O)c2ccccc2[N+](=O)[O-])C1. The monoisotopic (exact) mass is 282 g/mol. The largest absolute Gasteiger partial charge is 0.293 e. The molecule has 0 fully saturated rings. The van der Waals surface area contributed by atoms with E-state index in [-0.39, 0.29) is 18.9 Å². The van der Waals surface area contributed by atoms with Gasteiger partial charge in [0.05, 0.1) is 11.5 Å². The van der Waals surface area contributed by atoms with Crippen molar-refractivity contribution in [2.45, 2.75) is 4.90 Å². The zero-order valence-corrected chi connectivity index (χ0v) is 10.5. The molecule has 0 saturated heterocycles. The van der Waals surface area contributed by atoms with E-state index in [1.54, 1.807) is 0 Å². The maximum atomic E-state index is 12.3. The van der Waals surface area contributed by atoms with E-state index in [9.17, 15) is 23.3 Å². The lowest BCUT2D eigenvalue weighted by Gasteiger charge is -2.21. The number of nitro groups is 1. The number of nitrogens with zero attached hydrogens (tertiary/aromatic N) is 2. The molecule has 2 rings (SSSR count). The van der Waals surface area contributed by atoms with Gasteiger partial charge in [-0.2, -0.15) is 4.31 Å². The summed E-state index contributed by atoms with van der Waals surface area (Å²) >= 11 is 0. The summed E-state index contributed by atoms with van der Waals surface area (Å²) in [5.41, 5.74) is -0.496. The van der Waals surface area contributed by atoms with Gasteiger partial charge in [-0.15, -0.1) is 0 Å². The molecular formula is C11H10N2O5S. The van der Waals surface area contributed by atoms with Gasteiger partial charge in [0.25, 0.3) is 15.7 Å². The second kappa shape index (κ2) is 4.90. The highest BCUT2D eigenvalue weighted by atomic mass is 32.2. The average Bonchev–Trinajstić information content (AvgIpc) is 2.38. The minimum atomic E-state index is -4.05. The van der Waals surface area contributed by atoms with Crippen LogP contribution in [-0.4, -0.2) is 36.5 Å². The van der Waals surface area contributed by atoms with Crippen molar-refractivity contribution >= 4 is 21.5 Å². The molecule has 0 amide bonds. The molecule has 1 heterocycles. The Morgan fingerprint density at radius 2 is 1.95 bits per heavy atom. The van der Waals surface area contributed by atoms with Crippen LogP contribution in [0.3, 0.4) is 0 Å². The van der Waals surface area contributed by atoms with Crippen molar-refractivity contribution in [1.29, 1.82) is 0 Å². The van der Waals surface area contributed by atoms with E-state index in [0.717, 1.165) is 16.4 Å². The summed E-state index contributed by atoms with van der Waals surface area (Å²) in [6.45, 7) is -0.273. The summed E-state index contributed by atoms with van der Waals surface area (Å²) in [7, 11) is -4.05.